The number of aliphatic hydroxyl groups excluding tert-OH is 2. The summed E-state index contributed by atoms with van der Waals surface area (Å²) in [6.07, 6.45) is 4.64. The van der Waals surface area contributed by atoms with E-state index in [-0.39, 0.29) is 29.7 Å². The number of likely N-dealkylation sites (N-methyl/N-ethyl adjacent to an activating group) is 1. The second kappa shape index (κ2) is 11.4. The van der Waals surface area contributed by atoms with E-state index in [2.05, 4.69) is 11.5 Å². The number of carbonyl (C=O) groups excluding carboxylic acids is 3. The average Bonchev–Trinajstić information content (AvgIpc) is 2.95. The normalized spacial score (nSPS) is 28.1. The Kier molecular flexibility index (Phi) is 8.12. The summed E-state index contributed by atoms with van der Waals surface area (Å²) >= 11 is 0. The lowest BCUT2D eigenvalue weighted by Crippen LogP contribution is -2.63. The summed E-state index contributed by atoms with van der Waals surface area (Å²) < 4.78 is 5.45. The summed E-state index contributed by atoms with van der Waals surface area (Å²) in [7, 11) is 3.21. The number of nitrogens with zero attached hydrogens (tertiary/aromatic N) is 2. The van der Waals surface area contributed by atoms with Crippen molar-refractivity contribution < 1.29 is 39.5 Å². The standard InChI is InChI=1S/C32H39N3O8/c1-5-7-16(6-2)19-13-18(15-35-8-10-43-11-9-35)26(36)23-20(19)12-17-14-21-25(34(3)4)28(38)24(31(33)41)30(40)32(21,42)29(39)22(17)27(23)37/h6-7,13,17,21,25,36,38-39,42H,2,5,8-12,14-15H2,1,3-4H3,(H2,33,41)/b16-7+/t17-,21-,25-,32-/m0/s1. The number of amides is 1. The van der Waals surface area contributed by atoms with Crippen molar-refractivity contribution in [1.82, 2.24) is 9.80 Å². The summed E-state index contributed by atoms with van der Waals surface area (Å²) in [5.41, 5.74) is 4.39. The van der Waals surface area contributed by atoms with Crippen molar-refractivity contribution in [2.75, 3.05) is 40.4 Å². The molecule has 1 heterocycles. The van der Waals surface area contributed by atoms with Crippen LogP contribution in [0.2, 0.25) is 0 Å². The predicted molar refractivity (Wildman–Crippen MR) is 158 cm³/mol. The molecule has 11 nitrogen and oxygen atoms in total. The summed E-state index contributed by atoms with van der Waals surface area (Å²) in [5.74, 6) is -6.64. The van der Waals surface area contributed by atoms with Crippen molar-refractivity contribution in [1.29, 1.82) is 0 Å². The van der Waals surface area contributed by atoms with Gasteiger partial charge in [0, 0.05) is 36.7 Å². The third-order valence-corrected chi connectivity index (χ3v) is 9.25. The molecule has 1 fully saturated rings. The molecule has 4 aliphatic rings. The Morgan fingerprint density at radius 2 is 1.91 bits per heavy atom. The molecule has 43 heavy (non-hydrogen) atoms. The van der Waals surface area contributed by atoms with Crippen molar-refractivity contribution in [3.63, 3.8) is 0 Å². The van der Waals surface area contributed by atoms with Crippen LogP contribution in [0.5, 0.6) is 5.75 Å². The number of phenolic OH excluding ortho intramolecular Hbond substituents is 1. The highest BCUT2D eigenvalue weighted by Crippen LogP contribution is 2.53. The van der Waals surface area contributed by atoms with Gasteiger partial charge in [-0.15, -0.1) is 0 Å². The number of Topliss-reactive ketones (excluding diaryl/α,β-unsaturated/α-hetero) is 2. The fourth-order valence-electron chi connectivity index (χ4n) is 7.28. The molecule has 1 aromatic rings. The lowest BCUT2D eigenvalue weighted by molar-refractivity contribution is -0.148. The number of allylic oxidation sites excluding steroid dienone is 4. The van der Waals surface area contributed by atoms with Crippen LogP contribution in [0.15, 0.2) is 47.5 Å². The van der Waals surface area contributed by atoms with Gasteiger partial charge in [0.1, 0.15) is 22.8 Å². The van der Waals surface area contributed by atoms with Gasteiger partial charge in [0.25, 0.3) is 5.91 Å². The molecular formula is C32H39N3O8. The van der Waals surface area contributed by atoms with E-state index in [1.807, 2.05) is 19.1 Å². The summed E-state index contributed by atoms with van der Waals surface area (Å²) in [6, 6.07) is 0.840. The number of phenols is 1. The molecule has 0 spiro atoms. The number of hydrogen-bond acceptors (Lipinski definition) is 10. The highest BCUT2D eigenvalue weighted by molar-refractivity contribution is 6.25. The van der Waals surface area contributed by atoms with E-state index in [1.165, 1.54) is 4.90 Å². The number of carbonyl (C=O) groups is 3. The van der Waals surface area contributed by atoms with Gasteiger partial charge in [0.05, 0.1) is 24.8 Å². The Balaban J connectivity index is 1.72. The monoisotopic (exact) mass is 593 g/mol. The molecule has 0 aromatic heterocycles. The smallest absolute Gasteiger partial charge is 0.255 e. The molecule has 230 valence electrons. The van der Waals surface area contributed by atoms with E-state index in [4.69, 9.17) is 10.5 Å². The molecule has 6 N–H and O–H groups in total. The zero-order valence-corrected chi connectivity index (χ0v) is 24.7. The SMILES string of the molecule is C=C/C(=C\CC)c1cc(CN2CCOCC2)c(O)c2c1C[C@H]1C[C@H]3[C@H](N(C)C)C(O)=C(C(N)=O)C(=O)[C@@]3(O)C(O)=C1C2=O. The number of aliphatic hydroxyl groups is 3. The van der Waals surface area contributed by atoms with Crippen molar-refractivity contribution in [3.8, 4) is 5.75 Å². The number of morpholine rings is 1. The fourth-order valence-corrected chi connectivity index (χ4v) is 7.28. The highest BCUT2D eigenvalue weighted by Gasteiger charge is 2.63. The number of benzene rings is 1. The van der Waals surface area contributed by atoms with Gasteiger partial charge in [-0.25, -0.2) is 0 Å². The van der Waals surface area contributed by atoms with Gasteiger partial charge in [-0.3, -0.25) is 24.2 Å². The topological polar surface area (TPSA) is 174 Å². The van der Waals surface area contributed by atoms with E-state index in [0.717, 1.165) is 11.1 Å². The van der Waals surface area contributed by atoms with Crippen LogP contribution < -0.4 is 5.73 Å². The molecular weight excluding hydrogens is 554 g/mol. The first-order chi connectivity index (χ1) is 20.4. The van der Waals surface area contributed by atoms with E-state index in [1.54, 1.807) is 20.2 Å². The maximum absolute atomic E-state index is 14.3. The van der Waals surface area contributed by atoms with Crippen LogP contribution in [-0.2, 0) is 27.3 Å². The number of ether oxygens (including phenoxy) is 1. The third-order valence-electron chi connectivity index (χ3n) is 9.25. The Hall–Kier alpha value is -3.77. The number of primary amides is 1. The van der Waals surface area contributed by atoms with Crippen LogP contribution in [0.25, 0.3) is 5.57 Å². The number of rotatable bonds is 7. The van der Waals surface area contributed by atoms with Crippen molar-refractivity contribution in [2.24, 2.45) is 17.6 Å². The first kappa shape index (κ1) is 30.7. The summed E-state index contributed by atoms with van der Waals surface area (Å²) in [4.78, 5) is 43.8. The average molecular weight is 594 g/mol. The van der Waals surface area contributed by atoms with Gasteiger partial charge in [-0.1, -0.05) is 25.7 Å². The molecule has 0 saturated carbocycles. The van der Waals surface area contributed by atoms with Crippen molar-refractivity contribution in [2.45, 2.75) is 44.4 Å². The lowest BCUT2D eigenvalue weighted by Gasteiger charge is -2.50. The zero-order chi connectivity index (χ0) is 31.4. The molecule has 1 amide bonds. The molecule has 1 aliphatic heterocycles. The second-order valence-corrected chi connectivity index (χ2v) is 11.9. The molecule has 0 radical (unpaired) electrons. The maximum atomic E-state index is 14.3. The number of ketones is 2. The van der Waals surface area contributed by atoms with Crippen LogP contribution in [0.3, 0.4) is 0 Å². The van der Waals surface area contributed by atoms with Gasteiger partial charge in [0.15, 0.2) is 11.4 Å². The van der Waals surface area contributed by atoms with Crippen LogP contribution >= 0.6 is 0 Å². The molecule has 3 aliphatic carbocycles. The van der Waals surface area contributed by atoms with Gasteiger partial charge in [0.2, 0.25) is 5.78 Å². The first-order valence-corrected chi connectivity index (χ1v) is 14.5. The largest absolute Gasteiger partial charge is 0.510 e. The molecule has 0 bridgehead atoms. The minimum absolute atomic E-state index is 0.00499. The maximum Gasteiger partial charge on any atom is 0.255 e. The van der Waals surface area contributed by atoms with E-state index in [9.17, 15) is 34.8 Å². The fraction of sp³-hybridized carbons (Fsp3) is 0.469. The molecule has 4 atom stereocenters. The van der Waals surface area contributed by atoms with Gasteiger partial charge in [-0.2, -0.15) is 0 Å². The minimum atomic E-state index is -2.68. The van der Waals surface area contributed by atoms with Crippen LogP contribution in [0.1, 0.15) is 46.8 Å². The number of hydrogen-bond donors (Lipinski definition) is 5. The van der Waals surface area contributed by atoms with E-state index >= 15 is 0 Å². The number of fused-ring (bicyclic) bond motifs is 3. The first-order valence-electron chi connectivity index (χ1n) is 14.5. The molecule has 1 saturated heterocycles. The molecule has 1 aromatic carbocycles. The Bertz CT molecular complexity index is 1500. The van der Waals surface area contributed by atoms with Crippen LogP contribution in [0, 0.1) is 11.8 Å². The van der Waals surface area contributed by atoms with E-state index in [0.29, 0.717) is 50.4 Å². The van der Waals surface area contributed by atoms with Gasteiger partial charge >= 0.3 is 0 Å². The van der Waals surface area contributed by atoms with E-state index < -0.39 is 58.0 Å². The third kappa shape index (κ3) is 4.71. The minimum Gasteiger partial charge on any atom is -0.510 e. The second-order valence-electron chi connectivity index (χ2n) is 11.9. The molecule has 0 unspecified atom stereocenters. The Morgan fingerprint density at radius 1 is 1.23 bits per heavy atom. The van der Waals surface area contributed by atoms with Crippen LogP contribution in [-0.4, -0.2) is 99.7 Å². The summed E-state index contributed by atoms with van der Waals surface area (Å²) in [6.45, 7) is 8.72. The lowest BCUT2D eigenvalue weighted by atomic mass is 9.58. The zero-order valence-electron chi connectivity index (χ0n) is 24.7. The summed E-state index contributed by atoms with van der Waals surface area (Å²) in [5, 5.41) is 46.1. The molecule has 5 rings (SSSR count). The van der Waals surface area contributed by atoms with Crippen molar-refractivity contribution in [3.05, 3.63) is 69.7 Å². The predicted octanol–water partition coefficient (Wildman–Crippen LogP) is 1.93. The van der Waals surface area contributed by atoms with Gasteiger partial charge < -0.3 is 30.9 Å². The quantitative estimate of drug-likeness (QED) is 0.232. The highest BCUT2D eigenvalue weighted by atomic mass is 16.5. The molecule has 11 heteroatoms. The van der Waals surface area contributed by atoms with Gasteiger partial charge in [-0.05, 0) is 62.0 Å². The number of nitrogens with two attached hydrogens (primary N) is 1. The Morgan fingerprint density at radius 3 is 2.49 bits per heavy atom. The van der Waals surface area contributed by atoms with Crippen molar-refractivity contribution >= 4 is 23.0 Å². The Labute approximate surface area is 250 Å². The van der Waals surface area contributed by atoms with Crippen LogP contribution in [0.4, 0.5) is 0 Å². The number of aromatic hydroxyl groups is 1.